The molecule has 5 heteroatoms. The molecule has 1 aliphatic heterocycles. The number of nitrogens with zero attached hydrogens (tertiary/aromatic N) is 2. The molecule has 0 radical (unpaired) electrons. The molecular formula is C9H14N4O. The van der Waals surface area contributed by atoms with Crippen molar-refractivity contribution in [2.24, 2.45) is 0 Å². The van der Waals surface area contributed by atoms with Gasteiger partial charge in [-0.3, -0.25) is 9.69 Å². The third-order valence-electron chi connectivity index (χ3n) is 2.44. The highest BCUT2D eigenvalue weighted by atomic mass is 16.1. The van der Waals surface area contributed by atoms with Gasteiger partial charge in [0.2, 0.25) is 0 Å². The Balaban J connectivity index is 1.90. The van der Waals surface area contributed by atoms with Gasteiger partial charge in [-0.25, -0.2) is 5.10 Å². The fourth-order valence-corrected chi connectivity index (χ4v) is 1.61. The molecule has 1 aliphatic rings. The van der Waals surface area contributed by atoms with Gasteiger partial charge in [-0.05, 0) is 6.54 Å². The monoisotopic (exact) mass is 194 g/mol. The number of hydrogen-bond donors (Lipinski definition) is 2. The van der Waals surface area contributed by atoms with E-state index >= 15 is 0 Å². The zero-order valence-electron chi connectivity index (χ0n) is 8.16. The average Bonchev–Trinajstić information content (AvgIpc) is 2.10. The van der Waals surface area contributed by atoms with E-state index in [1.165, 1.54) is 6.07 Å². The first-order valence-electron chi connectivity index (χ1n) is 4.81. The van der Waals surface area contributed by atoms with E-state index in [1.54, 1.807) is 6.20 Å². The maximum Gasteiger partial charge on any atom is 0.266 e. The van der Waals surface area contributed by atoms with Crippen LogP contribution in [0, 0.1) is 0 Å². The SMILES string of the molecule is CCN1CC(Nc2cn[nH]c(=O)c2)C1. The summed E-state index contributed by atoms with van der Waals surface area (Å²) < 4.78 is 0. The number of nitrogens with one attached hydrogen (secondary N) is 2. The molecule has 0 saturated carbocycles. The van der Waals surface area contributed by atoms with E-state index < -0.39 is 0 Å². The van der Waals surface area contributed by atoms with Crippen LogP contribution in [0.2, 0.25) is 0 Å². The first-order valence-corrected chi connectivity index (χ1v) is 4.81. The fraction of sp³-hybridized carbons (Fsp3) is 0.556. The van der Waals surface area contributed by atoms with Crippen molar-refractivity contribution >= 4 is 5.69 Å². The van der Waals surface area contributed by atoms with E-state index in [1.807, 2.05) is 0 Å². The van der Waals surface area contributed by atoms with E-state index in [9.17, 15) is 4.79 Å². The summed E-state index contributed by atoms with van der Waals surface area (Å²) in [5.74, 6) is 0. The number of rotatable bonds is 3. The predicted molar refractivity (Wildman–Crippen MR) is 54.4 cm³/mol. The second-order valence-corrected chi connectivity index (χ2v) is 3.53. The molecule has 0 bridgehead atoms. The summed E-state index contributed by atoms with van der Waals surface area (Å²) in [6.45, 7) is 5.32. The lowest BCUT2D eigenvalue weighted by Gasteiger charge is -2.39. The highest BCUT2D eigenvalue weighted by Crippen LogP contribution is 2.12. The van der Waals surface area contributed by atoms with Crippen LogP contribution in [-0.4, -0.2) is 40.8 Å². The van der Waals surface area contributed by atoms with Crippen LogP contribution in [0.5, 0.6) is 0 Å². The Morgan fingerprint density at radius 1 is 1.71 bits per heavy atom. The standard InChI is InChI=1S/C9H14N4O/c1-2-13-5-8(6-13)11-7-3-9(14)12-10-4-7/h3-4,8H,2,5-6H2,1H3,(H2,11,12,14). The van der Waals surface area contributed by atoms with Gasteiger partial charge in [-0.15, -0.1) is 0 Å². The van der Waals surface area contributed by atoms with E-state index in [-0.39, 0.29) is 5.56 Å². The van der Waals surface area contributed by atoms with Crippen molar-refractivity contribution in [1.82, 2.24) is 15.1 Å². The van der Waals surface area contributed by atoms with Crippen molar-refractivity contribution in [3.05, 3.63) is 22.6 Å². The maximum atomic E-state index is 10.9. The summed E-state index contributed by atoms with van der Waals surface area (Å²) in [6.07, 6.45) is 1.63. The van der Waals surface area contributed by atoms with E-state index in [2.05, 4.69) is 27.3 Å². The molecule has 14 heavy (non-hydrogen) atoms. The zero-order valence-corrected chi connectivity index (χ0v) is 8.16. The summed E-state index contributed by atoms with van der Waals surface area (Å²) in [6, 6.07) is 1.99. The van der Waals surface area contributed by atoms with E-state index in [0.717, 1.165) is 25.3 Å². The van der Waals surface area contributed by atoms with Gasteiger partial charge in [-0.2, -0.15) is 5.10 Å². The number of H-pyrrole nitrogens is 1. The second-order valence-electron chi connectivity index (χ2n) is 3.53. The van der Waals surface area contributed by atoms with Gasteiger partial charge < -0.3 is 5.32 Å². The summed E-state index contributed by atoms with van der Waals surface area (Å²) >= 11 is 0. The van der Waals surface area contributed by atoms with Gasteiger partial charge in [0.25, 0.3) is 5.56 Å². The lowest BCUT2D eigenvalue weighted by molar-refractivity contribution is 0.171. The summed E-state index contributed by atoms with van der Waals surface area (Å²) in [5, 5.41) is 9.33. The molecule has 0 aromatic carbocycles. The molecule has 5 nitrogen and oxygen atoms in total. The molecule has 1 fully saturated rings. The number of aromatic nitrogens is 2. The van der Waals surface area contributed by atoms with Gasteiger partial charge >= 0.3 is 0 Å². The number of hydrogen-bond acceptors (Lipinski definition) is 4. The molecular weight excluding hydrogens is 180 g/mol. The van der Waals surface area contributed by atoms with E-state index in [4.69, 9.17) is 0 Å². The first-order chi connectivity index (χ1) is 6.78. The fourth-order valence-electron chi connectivity index (χ4n) is 1.61. The molecule has 76 valence electrons. The Hall–Kier alpha value is -1.36. The molecule has 0 spiro atoms. The van der Waals surface area contributed by atoms with Crippen LogP contribution in [0.15, 0.2) is 17.1 Å². The third-order valence-corrected chi connectivity index (χ3v) is 2.44. The van der Waals surface area contributed by atoms with Crippen molar-refractivity contribution < 1.29 is 0 Å². The van der Waals surface area contributed by atoms with Crippen LogP contribution in [-0.2, 0) is 0 Å². The number of aromatic amines is 1. The van der Waals surface area contributed by atoms with Crippen molar-refractivity contribution in [3.8, 4) is 0 Å². The third kappa shape index (κ3) is 1.93. The molecule has 1 aromatic rings. The number of likely N-dealkylation sites (N-methyl/N-ethyl adjacent to an activating group) is 1. The highest BCUT2D eigenvalue weighted by Gasteiger charge is 2.24. The first kappa shape index (κ1) is 9.21. The Morgan fingerprint density at radius 2 is 2.50 bits per heavy atom. The second kappa shape index (κ2) is 3.79. The van der Waals surface area contributed by atoms with Gasteiger partial charge in [0, 0.05) is 19.2 Å². The molecule has 2 N–H and O–H groups in total. The molecule has 0 unspecified atom stereocenters. The van der Waals surface area contributed by atoms with Gasteiger partial charge in [0.1, 0.15) is 0 Å². The highest BCUT2D eigenvalue weighted by molar-refractivity contribution is 5.40. The lowest BCUT2D eigenvalue weighted by Crippen LogP contribution is -2.54. The van der Waals surface area contributed by atoms with Crippen LogP contribution in [0.1, 0.15) is 6.92 Å². The average molecular weight is 194 g/mol. The summed E-state index contributed by atoms with van der Waals surface area (Å²) in [4.78, 5) is 13.3. The van der Waals surface area contributed by atoms with E-state index in [0.29, 0.717) is 6.04 Å². The lowest BCUT2D eigenvalue weighted by atomic mass is 10.1. The van der Waals surface area contributed by atoms with Crippen LogP contribution in [0.25, 0.3) is 0 Å². The van der Waals surface area contributed by atoms with Crippen molar-refractivity contribution in [2.75, 3.05) is 25.0 Å². The van der Waals surface area contributed by atoms with Gasteiger partial charge in [0.15, 0.2) is 0 Å². The topological polar surface area (TPSA) is 61.0 Å². The smallest absolute Gasteiger partial charge is 0.266 e. The Bertz CT molecular complexity index is 356. The summed E-state index contributed by atoms with van der Waals surface area (Å²) in [5.41, 5.74) is 0.635. The Kier molecular flexibility index (Phi) is 2.49. The van der Waals surface area contributed by atoms with Crippen molar-refractivity contribution in [2.45, 2.75) is 13.0 Å². The Labute approximate surface area is 82.1 Å². The van der Waals surface area contributed by atoms with Crippen molar-refractivity contribution in [1.29, 1.82) is 0 Å². The molecule has 2 rings (SSSR count). The van der Waals surface area contributed by atoms with Crippen LogP contribution in [0.4, 0.5) is 5.69 Å². The maximum absolute atomic E-state index is 10.9. The molecule has 1 aromatic heterocycles. The largest absolute Gasteiger partial charge is 0.378 e. The zero-order chi connectivity index (χ0) is 9.97. The quantitative estimate of drug-likeness (QED) is 0.704. The van der Waals surface area contributed by atoms with Crippen LogP contribution < -0.4 is 10.9 Å². The van der Waals surface area contributed by atoms with Crippen LogP contribution in [0.3, 0.4) is 0 Å². The number of likely N-dealkylation sites (tertiary alicyclic amines) is 1. The normalized spacial score (nSPS) is 17.8. The molecule has 0 amide bonds. The van der Waals surface area contributed by atoms with Gasteiger partial charge in [0.05, 0.1) is 17.9 Å². The number of anilines is 1. The van der Waals surface area contributed by atoms with Gasteiger partial charge in [-0.1, -0.05) is 6.92 Å². The van der Waals surface area contributed by atoms with Crippen molar-refractivity contribution in [3.63, 3.8) is 0 Å². The minimum atomic E-state index is -0.165. The Morgan fingerprint density at radius 3 is 3.14 bits per heavy atom. The summed E-state index contributed by atoms with van der Waals surface area (Å²) in [7, 11) is 0. The minimum absolute atomic E-state index is 0.165. The molecule has 0 aliphatic carbocycles. The predicted octanol–water partition coefficient (Wildman–Crippen LogP) is -0.114. The molecule has 2 heterocycles. The minimum Gasteiger partial charge on any atom is -0.378 e. The molecule has 1 saturated heterocycles. The van der Waals surface area contributed by atoms with Crippen LogP contribution >= 0.6 is 0 Å². The molecule has 0 atom stereocenters.